The van der Waals surface area contributed by atoms with Gasteiger partial charge in [0.1, 0.15) is 5.76 Å². The van der Waals surface area contributed by atoms with Crippen LogP contribution in [0.3, 0.4) is 0 Å². The van der Waals surface area contributed by atoms with Gasteiger partial charge in [-0.25, -0.2) is 18.0 Å². The maximum Gasteiger partial charge on any atom is 0.322 e. The van der Waals surface area contributed by atoms with Gasteiger partial charge in [-0.2, -0.15) is 0 Å². The molecule has 0 unspecified atom stereocenters. The molecule has 2 amide bonds. The Labute approximate surface area is 154 Å². The summed E-state index contributed by atoms with van der Waals surface area (Å²) in [6.07, 6.45) is 4.96. The summed E-state index contributed by atoms with van der Waals surface area (Å²) < 4.78 is 45.5. The molecule has 1 aliphatic carbocycles. The molecule has 27 heavy (non-hydrogen) atoms. The van der Waals surface area contributed by atoms with Crippen molar-refractivity contribution in [3.8, 4) is 0 Å². The highest BCUT2D eigenvalue weighted by Crippen LogP contribution is 2.39. The van der Waals surface area contributed by atoms with Crippen LogP contribution in [0.1, 0.15) is 55.5 Å². The zero-order chi connectivity index (χ0) is 19.1. The fourth-order valence-electron chi connectivity index (χ4n) is 4.01. The quantitative estimate of drug-likeness (QED) is 0.768. The van der Waals surface area contributed by atoms with Crippen LogP contribution < -0.4 is 5.32 Å². The molecule has 0 saturated heterocycles. The number of amides is 2. The Morgan fingerprint density at radius 2 is 1.89 bits per heavy atom. The fourth-order valence-corrected chi connectivity index (χ4v) is 4.01. The number of carbonyl (C=O) groups is 1. The smallest absolute Gasteiger partial charge is 0.322 e. The minimum Gasteiger partial charge on any atom is -0.360 e. The molecule has 0 spiro atoms. The van der Waals surface area contributed by atoms with Crippen molar-refractivity contribution in [2.75, 3.05) is 5.32 Å². The molecular formula is C19H20F3N3O2. The van der Waals surface area contributed by atoms with Gasteiger partial charge >= 0.3 is 6.03 Å². The van der Waals surface area contributed by atoms with Crippen molar-refractivity contribution in [2.45, 2.75) is 57.5 Å². The number of fused-ring (bicyclic) bond motifs is 1. The van der Waals surface area contributed by atoms with Crippen molar-refractivity contribution in [1.82, 2.24) is 10.1 Å². The zero-order valence-corrected chi connectivity index (χ0v) is 14.9. The number of rotatable bonds is 2. The standard InChI is InChI=1S/C19H20F3N3O2/c1-10-6-16-13(18(27-24-16)11-4-2-3-5-11)9-25(10)19(26)23-12-7-14(20)17(22)15(21)8-12/h7-8,10-11H,2-6,9H2,1H3,(H,23,26)/t10-/m0/s1. The van der Waals surface area contributed by atoms with Crippen molar-refractivity contribution in [1.29, 1.82) is 0 Å². The van der Waals surface area contributed by atoms with E-state index >= 15 is 0 Å². The van der Waals surface area contributed by atoms with E-state index in [1.54, 1.807) is 4.90 Å². The Balaban J connectivity index is 1.54. The first kappa shape index (κ1) is 17.9. The summed E-state index contributed by atoms with van der Waals surface area (Å²) >= 11 is 0. The van der Waals surface area contributed by atoms with Crippen molar-refractivity contribution < 1.29 is 22.5 Å². The van der Waals surface area contributed by atoms with Crippen LogP contribution in [0, 0.1) is 17.5 Å². The van der Waals surface area contributed by atoms with Crippen LogP contribution in [0.5, 0.6) is 0 Å². The molecule has 1 aromatic heterocycles. The Bertz CT molecular complexity index is 854. The molecule has 0 bridgehead atoms. The van der Waals surface area contributed by atoms with Gasteiger partial charge in [-0.15, -0.1) is 0 Å². The molecule has 144 valence electrons. The van der Waals surface area contributed by atoms with Gasteiger partial charge in [0, 0.05) is 41.8 Å². The second-order valence-corrected chi connectivity index (χ2v) is 7.32. The summed E-state index contributed by atoms with van der Waals surface area (Å²) in [6.45, 7) is 2.20. The Kier molecular flexibility index (Phi) is 4.57. The zero-order valence-electron chi connectivity index (χ0n) is 14.9. The lowest BCUT2D eigenvalue weighted by Gasteiger charge is -2.33. The number of nitrogens with zero attached hydrogens (tertiary/aromatic N) is 2. The van der Waals surface area contributed by atoms with Crippen molar-refractivity contribution in [3.63, 3.8) is 0 Å². The molecular weight excluding hydrogens is 359 g/mol. The molecule has 8 heteroatoms. The molecule has 1 saturated carbocycles. The van der Waals surface area contributed by atoms with Gasteiger partial charge in [-0.1, -0.05) is 18.0 Å². The molecule has 1 fully saturated rings. The van der Waals surface area contributed by atoms with E-state index in [0.29, 0.717) is 18.9 Å². The summed E-state index contributed by atoms with van der Waals surface area (Å²) in [5.74, 6) is -3.07. The second kappa shape index (κ2) is 6.90. The van der Waals surface area contributed by atoms with E-state index in [1.807, 2.05) is 6.92 Å². The predicted molar refractivity (Wildman–Crippen MR) is 91.8 cm³/mol. The Morgan fingerprint density at radius 3 is 2.56 bits per heavy atom. The van der Waals surface area contributed by atoms with Crippen LogP contribution in [-0.4, -0.2) is 22.1 Å². The van der Waals surface area contributed by atoms with E-state index in [-0.39, 0.29) is 11.7 Å². The van der Waals surface area contributed by atoms with Crippen LogP contribution in [0.15, 0.2) is 16.7 Å². The van der Waals surface area contributed by atoms with Crippen molar-refractivity contribution >= 4 is 11.7 Å². The van der Waals surface area contributed by atoms with Gasteiger partial charge in [0.25, 0.3) is 0 Å². The number of anilines is 1. The second-order valence-electron chi connectivity index (χ2n) is 7.32. The molecule has 1 aliphatic heterocycles. The first-order valence-electron chi connectivity index (χ1n) is 9.13. The first-order chi connectivity index (χ1) is 12.9. The van der Waals surface area contributed by atoms with Gasteiger partial charge < -0.3 is 14.7 Å². The first-order valence-corrected chi connectivity index (χ1v) is 9.13. The number of urea groups is 1. The number of aromatic nitrogens is 1. The van der Waals surface area contributed by atoms with Crippen LogP contribution in [0.25, 0.3) is 0 Å². The van der Waals surface area contributed by atoms with Crippen molar-refractivity contribution in [3.05, 3.63) is 46.6 Å². The summed E-state index contributed by atoms with van der Waals surface area (Å²) in [6, 6.07) is 0.866. The average Bonchev–Trinajstić information content (AvgIpc) is 3.27. The molecule has 0 radical (unpaired) electrons. The van der Waals surface area contributed by atoms with Gasteiger partial charge in [0.2, 0.25) is 0 Å². The maximum atomic E-state index is 13.4. The third-order valence-electron chi connectivity index (χ3n) is 5.47. The topological polar surface area (TPSA) is 58.4 Å². The largest absolute Gasteiger partial charge is 0.360 e. The fraction of sp³-hybridized carbons (Fsp3) is 0.474. The molecule has 4 rings (SSSR count). The third kappa shape index (κ3) is 3.28. The molecule has 1 N–H and O–H groups in total. The maximum absolute atomic E-state index is 13.4. The summed E-state index contributed by atoms with van der Waals surface area (Å²) in [4.78, 5) is 14.3. The Hall–Kier alpha value is -2.51. The highest BCUT2D eigenvalue weighted by molar-refractivity contribution is 5.89. The molecule has 1 atom stereocenters. The average molecular weight is 379 g/mol. The SMILES string of the molecule is C[C@H]1Cc2noc(C3CCCC3)c2CN1C(=O)Nc1cc(F)c(F)c(F)c1. The molecule has 2 aliphatic rings. The number of hydrogen-bond donors (Lipinski definition) is 1. The van der Waals surface area contributed by atoms with Gasteiger partial charge in [-0.3, -0.25) is 0 Å². The van der Waals surface area contributed by atoms with E-state index in [1.165, 1.54) is 0 Å². The molecule has 1 aromatic carbocycles. The summed E-state index contributed by atoms with van der Waals surface area (Å²) in [5.41, 5.74) is 1.68. The summed E-state index contributed by atoms with van der Waals surface area (Å²) in [5, 5.41) is 6.64. The number of halogens is 3. The van der Waals surface area contributed by atoms with Crippen LogP contribution in [0.4, 0.5) is 23.7 Å². The molecule has 5 nitrogen and oxygen atoms in total. The molecule has 2 heterocycles. The minimum atomic E-state index is -1.56. The minimum absolute atomic E-state index is 0.129. The highest BCUT2D eigenvalue weighted by Gasteiger charge is 2.34. The lowest BCUT2D eigenvalue weighted by molar-refractivity contribution is 0.181. The van der Waals surface area contributed by atoms with Crippen LogP contribution >= 0.6 is 0 Å². The lowest BCUT2D eigenvalue weighted by atomic mass is 9.94. The summed E-state index contributed by atoms with van der Waals surface area (Å²) in [7, 11) is 0. The van der Waals surface area contributed by atoms with E-state index in [2.05, 4.69) is 10.5 Å². The van der Waals surface area contributed by atoms with E-state index in [4.69, 9.17) is 4.52 Å². The number of nitrogens with one attached hydrogen (secondary N) is 1. The third-order valence-corrected chi connectivity index (χ3v) is 5.47. The number of carbonyl (C=O) groups excluding carboxylic acids is 1. The molecule has 2 aromatic rings. The van der Waals surface area contributed by atoms with Gasteiger partial charge in [0.15, 0.2) is 17.5 Å². The predicted octanol–water partition coefficient (Wildman–Crippen LogP) is 4.73. The van der Waals surface area contributed by atoms with E-state index in [9.17, 15) is 18.0 Å². The van der Waals surface area contributed by atoms with Crippen LogP contribution in [-0.2, 0) is 13.0 Å². The Morgan fingerprint density at radius 1 is 1.22 bits per heavy atom. The normalized spacial score (nSPS) is 20.0. The monoisotopic (exact) mass is 379 g/mol. The number of hydrogen-bond acceptors (Lipinski definition) is 3. The van der Waals surface area contributed by atoms with Gasteiger partial charge in [0.05, 0.1) is 12.2 Å². The van der Waals surface area contributed by atoms with E-state index < -0.39 is 23.5 Å². The lowest BCUT2D eigenvalue weighted by Crippen LogP contribution is -2.45. The van der Waals surface area contributed by atoms with Gasteiger partial charge in [-0.05, 0) is 19.8 Å². The van der Waals surface area contributed by atoms with E-state index in [0.717, 1.165) is 54.8 Å². The van der Waals surface area contributed by atoms with Crippen LogP contribution in [0.2, 0.25) is 0 Å². The highest BCUT2D eigenvalue weighted by atomic mass is 19.2. The number of benzene rings is 1. The van der Waals surface area contributed by atoms with Crippen molar-refractivity contribution in [2.24, 2.45) is 0 Å².